The van der Waals surface area contributed by atoms with Gasteiger partial charge in [0.1, 0.15) is 11.6 Å². The molecule has 5 rings (SSSR count). The lowest BCUT2D eigenvalue weighted by atomic mass is 10.0. The maximum Gasteiger partial charge on any atom is 0.274 e. The number of hydrogen-bond donors (Lipinski definition) is 0. The van der Waals surface area contributed by atoms with Crippen molar-refractivity contribution in [1.29, 1.82) is 0 Å². The van der Waals surface area contributed by atoms with Crippen LogP contribution in [0.5, 0.6) is 0 Å². The van der Waals surface area contributed by atoms with Crippen LogP contribution in [-0.2, 0) is 30.8 Å². The lowest BCUT2D eigenvalue weighted by Gasteiger charge is -2.32. The number of anilines is 2. The van der Waals surface area contributed by atoms with Gasteiger partial charge in [0.25, 0.3) is 10.8 Å². The van der Waals surface area contributed by atoms with Crippen molar-refractivity contribution < 1.29 is 31.2 Å². The number of carbonyl (C=O) groups excluding carboxylic acids is 2. The molecule has 1 saturated heterocycles. The fourth-order valence-corrected chi connectivity index (χ4v) is 6.50. The summed E-state index contributed by atoms with van der Waals surface area (Å²) in [6, 6.07) is 14.1. The minimum absolute atomic E-state index is 0.0121. The number of sulfone groups is 1. The molecule has 0 saturated carbocycles. The van der Waals surface area contributed by atoms with Crippen LogP contribution in [-0.4, -0.2) is 26.0 Å². The molecule has 2 heterocycles. The van der Waals surface area contributed by atoms with E-state index in [1.54, 1.807) is 12.1 Å². The van der Waals surface area contributed by atoms with E-state index in [4.69, 9.17) is 0 Å². The van der Waals surface area contributed by atoms with Crippen LogP contribution in [0.15, 0.2) is 66.7 Å². The van der Waals surface area contributed by atoms with Gasteiger partial charge in [0.2, 0.25) is 5.91 Å². The normalized spacial score (nSPS) is 21.2. The molecule has 0 unspecified atom stereocenters. The second kappa shape index (κ2) is 7.17. The van der Waals surface area contributed by atoms with E-state index < -0.39 is 49.7 Å². The second-order valence-corrected chi connectivity index (χ2v) is 9.84. The SMILES string of the molecule is O=C1CS(=O)(=O)[C@@]2(C(=O)N(Cc3ccccc3F)c3ccccc32)N1c1ccc(F)c(F)c1. The number of rotatable bonds is 3. The first-order chi connectivity index (χ1) is 15.7. The third-order valence-electron chi connectivity index (χ3n) is 5.87. The van der Waals surface area contributed by atoms with Crippen molar-refractivity contribution in [3.05, 3.63) is 95.3 Å². The summed E-state index contributed by atoms with van der Waals surface area (Å²) >= 11 is 0. The van der Waals surface area contributed by atoms with E-state index in [1.165, 1.54) is 36.4 Å². The Bertz CT molecular complexity index is 1440. The molecule has 3 aromatic carbocycles. The summed E-state index contributed by atoms with van der Waals surface area (Å²) in [6.07, 6.45) is 0. The number of nitrogens with zero attached hydrogens (tertiary/aromatic N) is 2. The molecule has 0 N–H and O–H groups in total. The molecule has 0 aromatic heterocycles. The zero-order chi connectivity index (χ0) is 23.5. The highest BCUT2D eigenvalue weighted by Gasteiger charge is 2.69. The fraction of sp³-hybridized carbons (Fsp3) is 0.130. The first-order valence-electron chi connectivity index (χ1n) is 9.84. The van der Waals surface area contributed by atoms with E-state index >= 15 is 0 Å². The molecule has 2 amide bonds. The molecular weight excluding hydrogens is 457 g/mol. The van der Waals surface area contributed by atoms with Gasteiger partial charge in [-0.2, -0.15) is 0 Å². The third-order valence-corrected chi connectivity index (χ3v) is 7.97. The van der Waals surface area contributed by atoms with E-state index in [1.807, 2.05) is 0 Å². The molecule has 0 radical (unpaired) electrons. The van der Waals surface area contributed by atoms with Crippen molar-refractivity contribution in [1.82, 2.24) is 0 Å². The predicted molar refractivity (Wildman–Crippen MR) is 113 cm³/mol. The number of hydrogen-bond acceptors (Lipinski definition) is 4. The number of carbonyl (C=O) groups is 2. The minimum Gasteiger partial charge on any atom is -0.304 e. The van der Waals surface area contributed by atoms with Crippen molar-refractivity contribution in [2.45, 2.75) is 11.4 Å². The summed E-state index contributed by atoms with van der Waals surface area (Å²) < 4.78 is 68.8. The van der Waals surface area contributed by atoms with Crippen LogP contribution in [0.25, 0.3) is 0 Å². The van der Waals surface area contributed by atoms with Crippen molar-refractivity contribution in [2.75, 3.05) is 15.6 Å². The van der Waals surface area contributed by atoms with Crippen LogP contribution in [0.1, 0.15) is 11.1 Å². The van der Waals surface area contributed by atoms with E-state index in [0.717, 1.165) is 17.0 Å². The van der Waals surface area contributed by atoms with Gasteiger partial charge in [0, 0.05) is 22.9 Å². The van der Waals surface area contributed by atoms with Crippen molar-refractivity contribution in [3.8, 4) is 0 Å². The molecule has 10 heteroatoms. The maximum atomic E-state index is 14.4. The van der Waals surface area contributed by atoms with E-state index in [2.05, 4.69) is 0 Å². The average molecular weight is 472 g/mol. The highest BCUT2D eigenvalue weighted by Crippen LogP contribution is 2.52. The maximum absolute atomic E-state index is 14.4. The summed E-state index contributed by atoms with van der Waals surface area (Å²) in [7, 11) is -4.48. The highest BCUT2D eigenvalue weighted by atomic mass is 32.2. The van der Waals surface area contributed by atoms with Gasteiger partial charge < -0.3 is 4.90 Å². The Labute approximate surface area is 186 Å². The summed E-state index contributed by atoms with van der Waals surface area (Å²) in [5, 5.41) is 0. The molecule has 2 aliphatic heterocycles. The molecule has 2 aliphatic rings. The van der Waals surface area contributed by atoms with E-state index in [-0.39, 0.29) is 29.0 Å². The Hall–Kier alpha value is -3.66. The average Bonchev–Trinajstić information content (AvgIpc) is 3.14. The number of halogens is 3. The first-order valence-corrected chi connectivity index (χ1v) is 11.5. The van der Waals surface area contributed by atoms with E-state index in [0.29, 0.717) is 11.0 Å². The van der Waals surface area contributed by atoms with Gasteiger partial charge in [-0.05, 0) is 24.3 Å². The van der Waals surface area contributed by atoms with Gasteiger partial charge in [-0.1, -0.05) is 36.4 Å². The minimum atomic E-state index is -4.48. The van der Waals surface area contributed by atoms with Gasteiger partial charge in [-0.25, -0.2) is 21.6 Å². The topological polar surface area (TPSA) is 74.8 Å². The van der Waals surface area contributed by atoms with Crippen molar-refractivity contribution in [2.24, 2.45) is 0 Å². The molecule has 6 nitrogen and oxygen atoms in total. The quantitative estimate of drug-likeness (QED) is 0.587. The van der Waals surface area contributed by atoms with Gasteiger partial charge in [-0.3, -0.25) is 14.5 Å². The van der Waals surface area contributed by atoms with Crippen LogP contribution in [0.4, 0.5) is 24.5 Å². The third kappa shape index (κ3) is 2.83. The number of fused-ring (bicyclic) bond motifs is 2. The Morgan fingerprint density at radius 3 is 2.27 bits per heavy atom. The van der Waals surface area contributed by atoms with Gasteiger partial charge in [0.05, 0.1) is 12.2 Å². The molecule has 1 atom stereocenters. The summed E-state index contributed by atoms with van der Waals surface area (Å²) in [4.78, 5) is 26.1. The Kier molecular flexibility index (Phi) is 4.61. The summed E-state index contributed by atoms with van der Waals surface area (Å²) in [5.74, 6) is -6.05. The zero-order valence-corrected chi connectivity index (χ0v) is 17.7. The van der Waals surface area contributed by atoms with Crippen LogP contribution >= 0.6 is 0 Å². The fourth-order valence-electron chi connectivity index (χ4n) is 4.47. The second-order valence-electron chi connectivity index (χ2n) is 7.73. The number of para-hydroxylation sites is 1. The summed E-state index contributed by atoms with van der Waals surface area (Å²) in [5.41, 5.74) is 0.0215. The lowest BCUT2D eigenvalue weighted by molar-refractivity contribution is -0.123. The molecule has 1 spiro atoms. The van der Waals surface area contributed by atoms with Crippen LogP contribution in [0, 0.1) is 17.5 Å². The predicted octanol–water partition coefficient (Wildman–Crippen LogP) is 3.27. The van der Waals surface area contributed by atoms with Gasteiger partial charge in [0.15, 0.2) is 21.5 Å². The molecule has 3 aromatic rings. The Morgan fingerprint density at radius 2 is 1.55 bits per heavy atom. The molecule has 1 fully saturated rings. The zero-order valence-electron chi connectivity index (χ0n) is 16.8. The summed E-state index contributed by atoms with van der Waals surface area (Å²) in [6.45, 7) is -0.292. The number of benzene rings is 3. The van der Waals surface area contributed by atoms with Crippen LogP contribution in [0.2, 0.25) is 0 Å². The molecule has 33 heavy (non-hydrogen) atoms. The number of amides is 2. The molecular formula is C23H15F3N2O4S. The standard InChI is InChI=1S/C23H15F3N2O4S/c24-17-7-3-1-5-14(17)12-27-20-8-4-2-6-16(20)23(22(27)30)28(21(29)13-33(23,31)32)15-9-10-18(25)19(26)11-15/h1-11H,12-13H2/t23-/m0/s1. The highest BCUT2D eigenvalue weighted by molar-refractivity contribution is 7.94. The van der Waals surface area contributed by atoms with E-state index in [9.17, 15) is 31.2 Å². The van der Waals surface area contributed by atoms with Gasteiger partial charge >= 0.3 is 0 Å². The monoisotopic (exact) mass is 472 g/mol. The van der Waals surface area contributed by atoms with Crippen LogP contribution in [0.3, 0.4) is 0 Å². The largest absolute Gasteiger partial charge is 0.304 e. The Morgan fingerprint density at radius 1 is 0.848 bits per heavy atom. The molecule has 0 bridgehead atoms. The smallest absolute Gasteiger partial charge is 0.274 e. The van der Waals surface area contributed by atoms with Crippen LogP contribution < -0.4 is 9.80 Å². The van der Waals surface area contributed by atoms with Crippen molar-refractivity contribution >= 4 is 33.0 Å². The first kappa shape index (κ1) is 21.2. The molecule has 168 valence electrons. The van der Waals surface area contributed by atoms with Gasteiger partial charge in [-0.15, -0.1) is 0 Å². The molecule has 0 aliphatic carbocycles. The Balaban J connectivity index is 1.75. The lowest BCUT2D eigenvalue weighted by Crippen LogP contribution is -2.54. The van der Waals surface area contributed by atoms with Crippen molar-refractivity contribution in [3.63, 3.8) is 0 Å².